The molecule has 0 unspecified atom stereocenters. The van der Waals surface area contributed by atoms with Crippen LogP contribution in [0.15, 0.2) is 48.5 Å². The summed E-state index contributed by atoms with van der Waals surface area (Å²) in [6.07, 6.45) is 0.751. The Kier molecular flexibility index (Phi) is 9.93. The van der Waals surface area contributed by atoms with E-state index in [1.807, 2.05) is 19.9 Å². The Morgan fingerprint density at radius 1 is 1.03 bits per heavy atom. The van der Waals surface area contributed by atoms with E-state index >= 15 is 0 Å². The molecule has 0 bridgehead atoms. The molecule has 166 valence electrons. The Labute approximate surface area is 188 Å². The maximum atomic E-state index is 12.6. The Morgan fingerprint density at radius 3 is 2.42 bits per heavy atom. The monoisotopic (exact) mass is 443 g/mol. The quantitative estimate of drug-likeness (QED) is 0.384. The highest BCUT2D eigenvalue weighted by Gasteiger charge is 2.14. The summed E-state index contributed by atoms with van der Waals surface area (Å²) >= 11 is 5.25. The average molecular weight is 444 g/mol. The van der Waals surface area contributed by atoms with E-state index in [9.17, 15) is 9.59 Å². The molecule has 0 aliphatic heterocycles. The fourth-order valence-electron chi connectivity index (χ4n) is 2.59. The molecule has 2 aromatic rings. The van der Waals surface area contributed by atoms with Crippen LogP contribution in [-0.4, -0.2) is 43.8 Å². The van der Waals surface area contributed by atoms with Gasteiger partial charge in [-0.1, -0.05) is 26.0 Å². The van der Waals surface area contributed by atoms with E-state index in [0.29, 0.717) is 48.2 Å². The van der Waals surface area contributed by atoms with Crippen molar-refractivity contribution in [1.29, 1.82) is 0 Å². The highest BCUT2D eigenvalue weighted by molar-refractivity contribution is 7.80. The highest BCUT2D eigenvalue weighted by Crippen LogP contribution is 2.19. The third-order valence-corrected chi connectivity index (χ3v) is 4.35. The number of hydrogen-bond donors (Lipinski definition) is 3. The van der Waals surface area contributed by atoms with Gasteiger partial charge in [0.2, 0.25) is 0 Å². The lowest BCUT2D eigenvalue weighted by Gasteiger charge is -2.14. The summed E-state index contributed by atoms with van der Waals surface area (Å²) in [5.74, 6) is 0.340. The Bertz CT molecular complexity index is 885. The fourth-order valence-corrected chi connectivity index (χ4v) is 2.81. The predicted molar refractivity (Wildman–Crippen MR) is 126 cm³/mol. The fraction of sp³-hybridized carbons (Fsp3) is 0.348. The molecule has 0 radical (unpaired) electrons. The molecule has 3 N–H and O–H groups in total. The van der Waals surface area contributed by atoms with Crippen LogP contribution in [0.3, 0.4) is 0 Å². The number of thiocarbonyl (C=S) groups is 1. The first-order valence-corrected chi connectivity index (χ1v) is 10.5. The number of amides is 2. The minimum Gasteiger partial charge on any atom is -0.492 e. The van der Waals surface area contributed by atoms with E-state index in [1.165, 1.54) is 0 Å². The molecule has 0 aliphatic rings. The minimum atomic E-state index is -0.357. The Morgan fingerprint density at radius 2 is 1.74 bits per heavy atom. The van der Waals surface area contributed by atoms with Gasteiger partial charge in [0, 0.05) is 31.5 Å². The number of ether oxygens (including phenoxy) is 2. The van der Waals surface area contributed by atoms with Crippen LogP contribution in [0.4, 0.5) is 5.69 Å². The van der Waals surface area contributed by atoms with Crippen LogP contribution in [0.1, 0.15) is 41.0 Å². The van der Waals surface area contributed by atoms with Gasteiger partial charge in [0.15, 0.2) is 5.11 Å². The molecule has 2 amide bonds. The average Bonchev–Trinajstić information content (AvgIpc) is 2.75. The van der Waals surface area contributed by atoms with Gasteiger partial charge in [-0.05, 0) is 61.0 Å². The molecule has 2 rings (SSSR count). The van der Waals surface area contributed by atoms with Crippen LogP contribution in [0.2, 0.25) is 0 Å². The van der Waals surface area contributed by atoms with E-state index in [-0.39, 0.29) is 16.9 Å². The van der Waals surface area contributed by atoms with Gasteiger partial charge in [-0.3, -0.25) is 14.9 Å². The van der Waals surface area contributed by atoms with Crippen molar-refractivity contribution in [3.8, 4) is 5.75 Å². The summed E-state index contributed by atoms with van der Waals surface area (Å²) in [6.45, 7) is 5.74. The van der Waals surface area contributed by atoms with Crippen LogP contribution >= 0.6 is 12.2 Å². The molecule has 0 saturated carbocycles. The molecule has 0 fully saturated rings. The lowest BCUT2D eigenvalue weighted by atomic mass is 10.2. The van der Waals surface area contributed by atoms with Gasteiger partial charge < -0.3 is 20.1 Å². The zero-order chi connectivity index (χ0) is 22.6. The van der Waals surface area contributed by atoms with Crippen molar-refractivity contribution >= 4 is 34.8 Å². The third-order valence-electron chi connectivity index (χ3n) is 4.15. The largest absolute Gasteiger partial charge is 0.492 e. The van der Waals surface area contributed by atoms with Gasteiger partial charge >= 0.3 is 0 Å². The van der Waals surface area contributed by atoms with E-state index < -0.39 is 0 Å². The summed E-state index contributed by atoms with van der Waals surface area (Å²) in [5.41, 5.74) is 1.60. The third kappa shape index (κ3) is 8.35. The normalized spacial score (nSPS) is 10.5. The van der Waals surface area contributed by atoms with Crippen LogP contribution in [0.5, 0.6) is 5.75 Å². The zero-order valence-electron chi connectivity index (χ0n) is 18.1. The first kappa shape index (κ1) is 24.3. The van der Waals surface area contributed by atoms with Gasteiger partial charge in [-0.2, -0.15) is 0 Å². The number of benzene rings is 2. The molecule has 0 heterocycles. The van der Waals surface area contributed by atoms with Crippen LogP contribution in [0, 0.1) is 5.92 Å². The van der Waals surface area contributed by atoms with Crippen molar-refractivity contribution in [2.75, 3.05) is 32.2 Å². The van der Waals surface area contributed by atoms with E-state index in [4.69, 9.17) is 21.7 Å². The van der Waals surface area contributed by atoms with Crippen LogP contribution in [0.25, 0.3) is 0 Å². The minimum absolute atomic E-state index is 0.153. The summed E-state index contributed by atoms with van der Waals surface area (Å²) in [5, 5.41) is 8.59. The highest BCUT2D eigenvalue weighted by atomic mass is 32.1. The van der Waals surface area contributed by atoms with E-state index in [2.05, 4.69) is 16.0 Å². The van der Waals surface area contributed by atoms with Gasteiger partial charge in [0.25, 0.3) is 11.8 Å². The molecule has 7 nitrogen and oxygen atoms in total. The molecule has 8 heteroatoms. The molecule has 31 heavy (non-hydrogen) atoms. The number of rotatable bonds is 10. The van der Waals surface area contributed by atoms with Crippen molar-refractivity contribution in [3.05, 3.63) is 59.7 Å². The molecular weight excluding hydrogens is 414 g/mol. The SMILES string of the molecule is COCCCNC(=O)c1ccc(NC(=S)NC(=O)c2ccccc2OCC(C)C)cc1. The zero-order valence-corrected chi connectivity index (χ0v) is 18.9. The maximum Gasteiger partial charge on any atom is 0.261 e. The first-order chi connectivity index (χ1) is 14.9. The van der Waals surface area contributed by atoms with Gasteiger partial charge in [0.05, 0.1) is 12.2 Å². The van der Waals surface area contributed by atoms with Crippen molar-refractivity contribution in [3.63, 3.8) is 0 Å². The summed E-state index contributed by atoms with van der Waals surface area (Å²) in [6, 6.07) is 13.9. The number of carbonyl (C=O) groups is 2. The molecule has 0 aliphatic carbocycles. The molecule has 0 atom stereocenters. The number of hydrogen-bond acceptors (Lipinski definition) is 5. The standard InChI is InChI=1S/C23H29N3O4S/c1-16(2)15-30-20-8-5-4-7-19(20)22(28)26-23(31)25-18-11-9-17(10-12-18)21(27)24-13-6-14-29-3/h4-5,7-12,16H,6,13-15H2,1-3H3,(H,24,27)(H2,25,26,28,31). The molecule has 2 aromatic carbocycles. The maximum absolute atomic E-state index is 12.6. The van der Waals surface area contributed by atoms with Gasteiger partial charge in [-0.15, -0.1) is 0 Å². The number of anilines is 1. The lowest BCUT2D eigenvalue weighted by Crippen LogP contribution is -2.34. The Hall–Kier alpha value is -2.97. The van der Waals surface area contributed by atoms with Crippen LogP contribution in [-0.2, 0) is 4.74 Å². The lowest BCUT2D eigenvalue weighted by molar-refractivity contribution is 0.0946. The van der Waals surface area contributed by atoms with Gasteiger partial charge in [-0.25, -0.2) is 0 Å². The smallest absolute Gasteiger partial charge is 0.261 e. The molecular formula is C23H29N3O4S. The van der Waals surface area contributed by atoms with Crippen molar-refractivity contribution in [1.82, 2.24) is 10.6 Å². The number of methoxy groups -OCH3 is 1. The number of nitrogens with one attached hydrogen (secondary N) is 3. The van der Waals surface area contributed by atoms with Crippen molar-refractivity contribution < 1.29 is 19.1 Å². The topological polar surface area (TPSA) is 88.7 Å². The second kappa shape index (κ2) is 12.7. The molecule has 0 saturated heterocycles. The van der Waals surface area contributed by atoms with Crippen LogP contribution < -0.4 is 20.7 Å². The van der Waals surface area contributed by atoms with E-state index in [1.54, 1.807) is 49.6 Å². The summed E-state index contributed by atoms with van der Waals surface area (Å²) in [4.78, 5) is 24.7. The second-order valence-corrected chi connectivity index (χ2v) is 7.70. The predicted octanol–water partition coefficient (Wildman–Crippen LogP) is 3.61. The number of para-hydroxylation sites is 1. The van der Waals surface area contributed by atoms with Crippen molar-refractivity contribution in [2.24, 2.45) is 5.92 Å². The first-order valence-electron chi connectivity index (χ1n) is 10.1. The van der Waals surface area contributed by atoms with Crippen molar-refractivity contribution in [2.45, 2.75) is 20.3 Å². The molecule has 0 spiro atoms. The Balaban J connectivity index is 1.90. The summed E-state index contributed by atoms with van der Waals surface area (Å²) < 4.78 is 10.7. The summed E-state index contributed by atoms with van der Waals surface area (Å²) in [7, 11) is 1.62. The second-order valence-electron chi connectivity index (χ2n) is 7.29. The van der Waals surface area contributed by atoms with E-state index in [0.717, 1.165) is 6.42 Å². The molecule has 0 aromatic heterocycles. The van der Waals surface area contributed by atoms with Gasteiger partial charge in [0.1, 0.15) is 5.75 Å². The number of carbonyl (C=O) groups excluding carboxylic acids is 2.